The number of carbonyl (C=O) groups is 1. The van der Waals surface area contributed by atoms with E-state index in [9.17, 15) is 13.2 Å². The first-order chi connectivity index (χ1) is 10.9. The Morgan fingerprint density at radius 3 is 2.96 bits per heavy atom. The van der Waals surface area contributed by atoms with Crippen molar-refractivity contribution in [2.75, 3.05) is 37.0 Å². The van der Waals surface area contributed by atoms with Gasteiger partial charge in [-0.3, -0.25) is 4.79 Å². The lowest BCUT2D eigenvalue weighted by Crippen LogP contribution is -2.15. The van der Waals surface area contributed by atoms with E-state index < -0.39 is 9.84 Å². The number of amides is 1. The van der Waals surface area contributed by atoms with E-state index in [4.69, 9.17) is 4.74 Å². The van der Waals surface area contributed by atoms with E-state index >= 15 is 0 Å². The van der Waals surface area contributed by atoms with Crippen molar-refractivity contribution in [2.24, 2.45) is 5.92 Å². The molecule has 1 amide bonds. The van der Waals surface area contributed by atoms with Gasteiger partial charge in [-0.15, -0.1) is 0 Å². The molecule has 1 atom stereocenters. The highest BCUT2D eigenvalue weighted by Crippen LogP contribution is 2.19. The molecule has 6 nitrogen and oxygen atoms in total. The lowest BCUT2D eigenvalue weighted by Gasteiger charge is -2.10. The minimum Gasteiger partial charge on any atom is -0.492 e. The number of benzene rings is 1. The van der Waals surface area contributed by atoms with Crippen LogP contribution < -0.4 is 15.4 Å². The predicted molar refractivity (Wildman–Crippen MR) is 90.5 cm³/mol. The fraction of sp³-hybridized carbons (Fsp3) is 0.562. The molecule has 2 N–H and O–H groups in total. The van der Waals surface area contributed by atoms with Crippen LogP contribution in [0.3, 0.4) is 0 Å². The summed E-state index contributed by atoms with van der Waals surface area (Å²) in [5.41, 5.74) is 0.663. The molecule has 0 radical (unpaired) electrons. The van der Waals surface area contributed by atoms with Gasteiger partial charge in [0, 0.05) is 24.4 Å². The molecule has 1 saturated heterocycles. The van der Waals surface area contributed by atoms with Gasteiger partial charge in [-0.25, -0.2) is 8.42 Å². The summed E-state index contributed by atoms with van der Waals surface area (Å²) in [6, 6.07) is 7.00. The Hall–Kier alpha value is -1.60. The monoisotopic (exact) mass is 340 g/mol. The number of hydrogen-bond donors (Lipinski definition) is 2. The third-order valence-electron chi connectivity index (χ3n) is 3.78. The molecule has 1 fully saturated rings. The summed E-state index contributed by atoms with van der Waals surface area (Å²) in [4.78, 5) is 12.0. The SMILES string of the molecule is CS(=O)(=O)CCOc1cccc(NC(=O)CCC2CCNC2)c1. The molecule has 1 aromatic rings. The van der Waals surface area contributed by atoms with Gasteiger partial charge in [-0.2, -0.15) is 0 Å². The van der Waals surface area contributed by atoms with E-state index in [-0.39, 0.29) is 18.3 Å². The van der Waals surface area contributed by atoms with Crippen LogP contribution in [-0.4, -0.2) is 46.0 Å². The Morgan fingerprint density at radius 2 is 2.26 bits per heavy atom. The lowest BCUT2D eigenvalue weighted by molar-refractivity contribution is -0.116. The second-order valence-corrected chi connectivity index (χ2v) is 8.21. The van der Waals surface area contributed by atoms with Gasteiger partial charge < -0.3 is 15.4 Å². The Kier molecular flexibility index (Phi) is 6.41. The maximum Gasteiger partial charge on any atom is 0.224 e. The Labute approximate surface area is 137 Å². The van der Waals surface area contributed by atoms with Gasteiger partial charge in [0.05, 0.1) is 5.75 Å². The van der Waals surface area contributed by atoms with Gasteiger partial charge in [0.25, 0.3) is 0 Å². The zero-order valence-corrected chi connectivity index (χ0v) is 14.2. The van der Waals surface area contributed by atoms with E-state index in [1.54, 1.807) is 24.3 Å². The molecular formula is C16H24N2O4S. The van der Waals surface area contributed by atoms with E-state index in [1.165, 1.54) is 6.26 Å². The van der Waals surface area contributed by atoms with Crippen LogP contribution in [0.5, 0.6) is 5.75 Å². The van der Waals surface area contributed by atoms with Crippen molar-refractivity contribution < 1.29 is 17.9 Å². The molecule has 7 heteroatoms. The highest BCUT2D eigenvalue weighted by Gasteiger charge is 2.15. The molecule has 1 unspecified atom stereocenters. The van der Waals surface area contributed by atoms with Gasteiger partial charge in [0.15, 0.2) is 9.84 Å². The standard InChI is InChI=1S/C16H24N2O4S/c1-23(20,21)10-9-22-15-4-2-3-14(11-15)18-16(19)6-5-13-7-8-17-12-13/h2-4,11,13,17H,5-10,12H2,1H3,(H,18,19). The molecule has 23 heavy (non-hydrogen) atoms. The summed E-state index contributed by atoms with van der Waals surface area (Å²) in [6.45, 7) is 2.14. The van der Waals surface area contributed by atoms with Crippen LogP contribution in [0.1, 0.15) is 19.3 Å². The van der Waals surface area contributed by atoms with E-state index in [0.29, 0.717) is 23.8 Å². The molecule has 1 heterocycles. The van der Waals surface area contributed by atoms with Crippen LogP contribution in [0.2, 0.25) is 0 Å². The van der Waals surface area contributed by atoms with Gasteiger partial charge >= 0.3 is 0 Å². The van der Waals surface area contributed by atoms with Crippen molar-refractivity contribution in [1.82, 2.24) is 5.32 Å². The average Bonchev–Trinajstić information content (AvgIpc) is 2.97. The Morgan fingerprint density at radius 1 is 1.43 bits per heavy atom. The van der Waals surface area contributed by atoms with Crippen molar-refractivity contribution in [1.29, 1.82) is 0 Å². The van der Waals surface area contributed by atoms with Crippen molar-refractivity contribution in [3.63, 3.8) is 0 Å². The van der Waals surface area contributed by atoms with Crippen molar-refractivity contribution >= 4 is 21.4 Å². The summed E-state index contributed by atoms with van der Waals surface area (Å²) >= 11 is 0. The number of carbonyl (C=O) groups excluding carboxylic acids is 1. The van der Waals surface area contributed by atoms with Crippen molar-refractivity contribution in [2.45, 2.75) is 19.3 Å². The normalized spacial score (nSPS) is 17.9. The first-order valence-corrected chi connectivity index (χ1v) is 9.89. The van der Waals surface area contributed by atoms with Crippen LogP contribution in [-0.2, 0) is 14.6 Å². The van der Waals surface area contributed by atoms with Crippen molar-refractivity contribution in [3.05, 3.63) is 24.3 Å². The quantitative estimate of drug-likeness (QED) is 0.748. The fourth-order valence-corrected chi connectivity index (χ4v) is 2.88. The third-order valence-corrected chi connectivity index (χ3v) is 4.69. The number of hydrogen-bond acceptors (Lipinski definition) is 5. The van der Waals surface area contributed by atoms with Crippen LogP contribution in [0.25, 0.3) is 0 Å². The Balaban J connectivity index is 1.78. The first kappa shape index (κ1) is 17.7. The summed E-state index contributed by atoms with van der Waals surface area (Å²) in [5.74, 6) is 1.10. The zero-order valence-electron chi connectivity index (χ0n) is 13.4. The molecule has 1 aliphatic heterocycles. The molecule has 0 bridgehead atoms. The maximum atomic E-state index is 12.0. The van der Waals surface area contributed by atoms with Gasteiger partial charge in [-0.1, -0.05) is 6.07 Å². The number of nitrogens with one attached hydrogen (secondary N) is 2. The second-order valence-electron chi connectivity index (χ2n) is 5.95. The topological polar surface area (TPSA) is 84.5 Å². The molecular weight excluding hydrogens is 316 g/mol. The first-order valence-electron chi connectivity index (χ1n) is 7.83. The predicted octanol–water partition coefficient (Wildman–Crippen LogP) is 1.44. The number of sulfone groups is 1. The summed E-state index contributed by atoms with van der Waals surface area (Å²) in [6.07, 6.45) is 3.71. The van der Waals surface area contributed by atoms with Crippen LogP contribution >= 0.6 is 0 Å². The number of anilines is 1. The van der Waals surface area contributed by atoms with Crippen LogP contribution in [0.4, 0.5) is 5.69 Å². The van der Waals surface area contributed by atoms with E-state index in [2.05, 4.69) is 10.6 Å². The second kappa shape index (κ2) is 8.31. The van der Waals surface area contributed by atoms with Crippen LogP contribution in [0.15, 0.2) is 24.3 Å². The maximum absolute atomic E-state index is 12.0. The molecule has 0 saturated carbocycles. The molecule has 2 rings (SSSR count). The number of rotatable bonds is 8. The van der Waals surface area contributed by atoms with Crippen LogP contribution in [0, 0.1) is 5.92 Å². The summed E-state index contributed by atoms with van der Waals surface area (Å²) < 4.78 is 27.6. The van der Waals surface area contributed by atoms with E-state index in [0.717, 1.165) is 25.9 Å². The molecule has 0 aromatic heterocycles. The number of ether oxygens (including phenoxy) is 1. The molecule has 0 aliphatic carbocycles. The smallest absolute Gasteiger partial charge is 0.224 e. The lowest BCUT2D eigenvalue weighted by atomic mass is 10.0. The van der Waals surface area contributed by atoms with Crippen molar-refractivity contribution in [3.8, 4) is 5.75 Å². The highest BCUT2D eigenvalue weighted by atomic mass is 32.2. The summed E-state index contributed by atoms with van der Waals surface area (Å²) in [7, 11) is -3.04. The highest BCUT2D eigenvalue weighted by molar-refractivity contribution is 7.90. The fourth-order valence-electron chi connectivity index (χ4n) is 2.49. The van der Waals surface area contributed by atoms with Gasteiger partial charge in [0.2, 0.25) is 5.91 Å². The minimum absolute atomic E-state index is 0.00909. The molecule has 1 aromatic carbocycles. The van der Waals surface area contributed by atoms with Gasteiger partial charge in [-0.05, 0) is 44.0 Å². The van der Waals surface area contributed by atoms with E-state index in [1.807, 2.05) is 0 Å². The molecule has 0 spiro atoms. The zero-order chi connectivity index (χ0) is 16.7. The Bertz CT molecular complexity index is 625. The third kappa shape index (κ3) is 7.00. The molecule has 128 valence electrons. The molecule has 1 aliphatic rings. The summed E-state index contributed by atoms with van der Waals surface area (Å²) in [5, 5.41) is 6.15. The largest absolute Gasteiger partial charge is 0.492 e. The minimum atomic E-state index is -3.04. The average molecular weight is 340 g/mol. The van der Waals surface area contributed by atoms with Gasteiger partial charge in [0.1, 0.15) is 12.4 Å².